The predicted octanol–water partition coefficient (Wildman–Crippen LogP) is 5.77. The van der Waals surface area contributed by atoms with Gasteiger partial charge in [-0.15, -0.1) is 0 Å². The van der Waals surface area contributed by atoms with E-state index in [4.69, 9.17) is 16.3 Å². The molecule has 0 saturated heterocycles. The average molecular weight is 386 g/mol. The van der Waals surface area contributed by atoms with Gasteiger partial charge in [-0.25, -0.2) is 0 Å². The standard InChI is InChI=1S/C19H19ClF3NO2/c1-4-16(26-17-9-11(2)5-6-12(17)3)18(25)24-15-8-7-13(20)10-14(15)19(21,22)23/h5-10,16H,4H2,1-3H3,(H,24,25)/t16-/m0/s1. The van der Waals surface area contributed by atoms with Crippen LogP contribution in [0, 0.1) is 13.8 Å². The number of hydrogen-bond donors (Lipinski definition) is 1. The molecular formula is C19H19ClF3NO2. The van der Waals surface area contributed by atoms with E-state index in [9.17, 15) is 18.0 Å². The lowest BCUT2D eigenvalue weighted by atomic mass is 10.1. The maximum Gasteiger partial charge on any atom is 0.418 e. The fraction of sp³-hybridized carbons (Fsp3) is 0.316. The first kappa shape index (κ1) is 20.1. The lowest BCUT2D eigenvalue weighted by Crippen LogP contribution is -2.33. The van der Waals surface area contributed by atoms with Crippen LogP contribution in [0.3, 0.4) is 0 Å². The van der Waals surface area contributed by atoms with Gasteiger partial charge in [-0.1, -0.05) is 30.7 Å². The molecule has 0 saturated carbocycles. The Morgan fingerprint density at radius 1 is 1.19 bits per heavy atom. The van der Waals surface area contributed by atoms with Crippen LogP contribution < -0.4 is 10.1 Å². The Morgan fingerprint density at radius 2 is 1.88 bits per heavy atom. The summed E-state index contributed by atoms with van der Waals surface area (Å²) in [5.74, 6) is -0.125. The number of carbonyl (C=O) groups excluding carboxylic acids is 1. The highest BCUT2D eigenvalue weighted by molar-refractivity contribution is 6.30. The second-order valence-electron chi connectivity index (χ2n) is 5.96. The molecule has 0 heterocycles. The maximum absolute atomic E-state index is 13.2. The molecule has 0 bridgehead atoms. The Bertz CT molecular complexity index is 806. The quantitative estimate of drug-likeness (QED) is 0.709. The van der Waals surface area contributed by atoms with E-state index in [0.717, 1.165) is 23.3 Å². The second kappa shape index (κ2) is 7.99. The molecule has 0 unspecified atom stereocenters. The highest BCUT2D eigenvalue weighted by Gasteiger charge is 2.34. The van der Waals surface area contributed by atoms with Crippen molar-refractivity contribution in [1.82, 2.24) is 0 Å². The number of ether oxygens (including phenoxy) is 1. The van der Waals surface area contributed by atoms with Crippen molar-refractivity contribution in [2.24, 2.45) is 0 Å². The molecule has 0 radical (unpaired) electrons. The van der Waals surface area contributed by atoms with Gasteiger partial charge in [0.25, 0.3) is 5.91 Å². The SMILES string of the molecule is CC[C@H](Oc1cc(C)ccc1C)C(=O)Nc1ccc(Cl)cc1C(F)(F)F. The van der Waals surface area contributed by atoms with Crippen molar-refractivity contribution in [2.75, 3.05) is 5.32 Å². The van der Waals surface area contributed by atoms with Crippen LogP contribution in [0.1, 0.15) is 30.0 Å². The van der Waals surface area contributed by atoms with Crippen LogP contribution in [0.2, 0.25) is 5.02 Å². The van der Waals surface area contributed by atoms with Crippen molar-refractivity contribution in [3.8, 4) is 5.75 Å². The minimum Gasteiger partial charge on any atom is -0.480 e. The van der Waals surface area contributed by atoms with E-state index in [1.54, 1.807) is 13.0 Å². The number of carbonyl (C=O) groups is 1. The first-order chi connectivity index (χ1) is 12.1. The summed E-state index contributed by atoms with van der Waals surface area (Å²) in [6.45, 7) is 5.44. The molecule has 26 heavy (non-hydrogen) atoms. The van der Waals surface area contributed by atoms with Gasteiger partial charge in [-0.05, 0) is 55.7 Å². The highest BCUT2D eigenvalue weighted by atomic mass is 35.5. The molecule has 2 aromatic rings. The topological polar surface area (TPSA) is 38.3 Å². The molecule has 1 N–H and O–H groups in total. The summed E-state index contributed by atoms with van der Waals surface area (Å²) in [4.78, 5) is 12.5. The Kier molecular flexibility index (Phi) is 6.18. The second-order valence-corrected chi connectivity index (χ2v) is 6.40. The van der Waals surface area contributed by atoms with Gasteiger partial charge in [0.1, 0.15) is 5.75 Å². The van der Waals surface area contributed by atoms with Crippen molar-refractivity contribution in [3.05, 3.63) is 58.1 Å². The number of anilines is 1. The van der Waals surface area contributed by atoms with Crippen molar-refractivity contribution in [3.63, 3.8) is 0 Å². The monoisotopic (exact) mass is 385 g/mol. The summed E-state index contributed by atoms with van der Waals surface area (Å²) in [7, 11) is 0. The van der Waals surface area contributed by atoms with E-state index < -0.39 is 23.8 Å². The summed E-state index contributed by atoms with van der Waals surface area (Å²) in [6.07, 6.45) is -5.26. The smallest absolute Gasteiger partial charge is 0.418 e. The number of benzene rings is 2. The van der Waals surface area contributed by atoms with E-state index in [1.165, 1.54) is 6.07 Å². The Balaban J connectivity index is 2.24. The van der Waals surface area contributed by atoms with Crippen LogP contribution in [-0.2, 0) is 11.0 Å². The zero-order valence-corrected chi connectivity index (χ0v) is 15.3. The fourth-order valence-corrected chi connectivity index (χ4v) is 2.56. The van der Waals surface area contributed by atoms with Gasteiger partial charge in [0.2, 0.25) is 0 Å². The lowest BCUT2D eigenvalue weighted by Gasteiger charge is -2.20. The molecule has 0 fully saturated rings. The summed E-state index contributed by atoms with van der Waals surface area (Å²) in [6, 6.07) is 8.76. The van der Waals surface area contributed by atoms with Crippen LogP contribution in [0.5, 0.6) is 5.75 Å². The van der Waals surface area contributed by atoms with Crippen LogP contribution in [0.25, 0.3) is 0 Å². The number of aryl methyl sites for hydroxylation is 2. The first-order valence-corrected chi connectivity index (χ1v) is 8.41. The summed E-state index contributed by atoms with van der Waals surface area (Å²) in [5, 5.41) is 2.25. The van der Waals surface area contributed by atoms with Crippen LogP contribution in [0.15, 0.2) is 36.4 Å². The van der Waals surface area contributed by atoms with E-state index in [-0.39, 0.29) is 10.7 Å². The third kappa shape index (κ3) is 4.91. The normalized spacial score (nSPS) is 12.6. The van der Waals surface area contributed by atoms with Crippen LogP contribution in [-0.4, -0.2) is 12.0 Å². The summed E-state index contributed by atoms with van der Waals surface area (Å²) < 4.78 is 45.2. The molecule has 140 valence electrons. The molecule has 0 aliphatic carbocycles. The molecule has 2 rings (SSSR count). The third-order valence-corrected chi connectivity index (χ3v) is 4.06. The number of nitrogens with one attached hydrogen (secondary N) is 1. The number of halogens is 4. The molecule has 0 spiro atoms. The fourth-order valence-electron chi connectivity index (χ4n) is 2.38. The molecule has 2 aromatic carbocycles. The van der Waals surface area contributed by atoms with E-state index >= 15 is 0 Å². The van der Waals surface area contributed by atoms with Gasteiger partial charge < -0.3 is 10.1 Å². The number of hydrogen-bond acceptors (Lipinski definition) is 2. The van der Waals surface area contributed by atoms with Crippen LogP contribution in [0.4, 0.5) is 18.9 Å². The van der Waals surface area contributed by atoms with Gasteiger partial charge in [-0.2, -0.15) is 13.2 Å². The van der Waals surface area contributed by atoms with Gasteiger partial charge in [0.05, 0.1) is 11.3 Å². The zero-order valence-electron chi connectivity index (χ0n) is 14.6. The molecule has 3 nitrogen and oxygen atoms in total. The Hall–Kier alpha value is -2.21. The minimum atomic E-state index is -4.64. The summed E-state index contributed by atoms with van der Waals surface area (Å²) in [5.41, 5.74) is 0.442. The molecular weight excluding hydrogens is 367 g/mol. The molecule has 1 atom stereocenters. The van der Waals surface area contributed by atoms with Gasteiger partial charge in [0.15, 0.2) is 6.10 Å². The predicted molar refractivity (Wildman–Crippen MR) is 95.7 cm³/mol. The average Bonchev–Trinajstić information content (AvgIpc) is 2.56. The Labute approximate surface area is 155 Å². The van der Waals surface area contributed by atoms with Crippen molar-refractivity contribution in [1.29, 1.82) is 0 Å². The lowest BCUT2D eigenvalue weighted by molar-refractivity contribution is -0.137. The van der Waals surface area contributed by atoms with Crippen molar-refractivity contribution >= 4 is 23.2 Å². The largest absolute Gasteiger partial charge is 0.480 e. The number of alkyl halides is 3. The van der Waals surface area contributed by atoms with Gasteiger partial charge in [-0.3, -0.25) is 4.79 Å². The zero-order chi connectivity index (χ0) is 19.5. The van der Waals surface area contributed by atoms with Gasteiger partial charge >= 0.3 is 6.18 Å². The maximum atomic E-state index is 13.2. The van der Waals surface area contributed by atoms with E-state index in [0.29, 0.717) is 12.2 Å². The molecule has 0 aliphatic heterocycles. The van der Waals surface area contributed by atoms with E-state index in [2.05, 4.69) is 5.32 Å². The first-order valence-electron chi connectivity index (χ1n) is 8.03. The molecule has 1 amide bonds. The number of rotatable bonds is 5. The molecule has 7 heteroatoms. The molecule has 0 aliphatic rings. The minimum absolute atomic E-state index is 0.0611. The molecule has 0 aromatic heterocycles. The van der Waals surface area contributed by atoms with E-state index in [1.807, 2.05) is 26.0 Å². The summed E-state index contributed by atoms with van der Waals surface area (Å²) >= 11 is 5.65. The number of amides is 1. The Morgan fingerprint density at radius 3 is 2.50 bits per heavy atom. The van der Waals surface area contributed by atoms with Crippen molar-refractivity contribution in [2.45, 2.75) is 39.5 Å². The van der Waals surface area contributed by atoms with Crippen molar-refractivity contribution < 1.29 is 22.7 Å². The van der Waals surface area contributed by atoms with Crippen LogP contribution >= 0.6 is 11.6 Å². The highest BCUT2D eigenvalue weighted by Crippen LogP contribution is 2.36. The van der Waals surface area contributed by atoms with Gasteiger partial charge in [0, 0.05) is 5.02 Å². The third-order valence-electron chi connectivity index (χ3n) is 3.82.